The number of benzene rings is 1. The van der Waals surface area contributed by atoms with Gasteiger partial charge in [0.1, 0.15) is 27.5 Å². The molecule has 0 bridgehead atoms. The maximum absolute atomic E-state index is 14.0. The Morgan fingerprint density at radius 1 is 1.27 bits per heavy atom. The third-order valence-corrected chi connectivity index (χ3v) is 7.28. The quantitative estimate of drug-likeness (QED) is 0.423. The summed E-state index contributed by atoms with van der Waals surface area (Å²) >= 11 is 1.13. The third kappa shape index (κ3) is 6.58. The Kier molecular flexibility index (Phi) is 9.50. The molecule has 2 aromatic rings. The van der Waals surface area contributed by atoms with Crippen molar-refractivity contribution in [2.75, 3.05) is 38.4 Å². The highest BCUT2D eigenvalue weighted by Crippen LogP contribution is 2.41. The summed E-state index contributed by atoms with van der Waals surface area (Å²) in [5.41, 5.74) is 1.15. The molecule has 11 heteroatoms. The van der Waals surface area contributed by atoms with Gasteiger partial charge in [0, 0.05) is 24.6 Å². The van der Waals surface area contributed by atoms with E-state index in [2.05, 4.69) is 5.32 Å². The number of carbonyl (C=O) groups excluding carboxylic acids is 3. The Labute approximate surface area is 220 Å². The number of thiophene rings is 1. The molecular weight excluding hydrogens is 501 g/mol. The molecule has 2 N–H and O–H groups in total. The van der Waals surface area contributed by atoms with E-state index in [9.17, 15) is 23.9 Å². The van der Waals surface area contributed by atoms with E-state index in [0.29, 0.717) is 39.7 Å². The van der Waals surface area contributed by atoms with Crippen LogP contribution in [0.15, 0.2) is 18.2 Å². The lowest BCUT2D eigenvalue weighted by Gasteiger charge is -2.37. The SMILES string of the molecule is CCOC(=O)c1sc2c(c1C)C(=O)N(CCCC(=O)NC(C)C)CN2CC(O)c1cc(F)ccc1OC. The molecule has 0 spiro atoms. The fraction of sp³-hybridized carbons (Fsp3) is 0.500. The lowest BCUT2D eigenvalue weighted by atomic mass is 10.1. The molecule has 1 aromatic heterocycles. The fourth-order valence-corrected chi connectivity index (χ4v) is 5.46. The van der Waals surface area contributed by atoms with Crippen molar-refractivity contribution in [3.05, 3.63) is 45.6 Å². The van der Waals surface area contributed by atoms with Gasteiger partial charge in [0.2, 0.25) is 5.91 Å². The average Bonchev–Trinajstić information content (AvgIpc) is 3.19. The van der Waals surface area contributed by atoms with Gasteiger partial charge in [0.05, 0.1) is 32.5 Å². The van der Waals surface area contributed by atoms with Gasteiger partial charge in [0.15, 0.2) is 0 Å². The van der Waals surface area contributed by atoms with Crippen molar-refractivity contribution >= 4 is 34.1 Å². The molecule has 0 fully saturated rings. The molecule has 9 nitrogen and oxygen atoms in total. The molecular formula is C26H34FN3O6S. The molecule has 0 radical (unpaired) electrons. The first-order valence-corrected chi connectivity index (χ1v) is 13.0. The number of rotatable bonds is 11. The maximum Gasteiger partial charge on any atom is 0.348 e. The molecule has 1 unspecified atom stereocenters. The number of amides is 2. The van der Waals surface area contributed by atoms with Crippen molar-refractivity contribution < 1.29 is 33.4 Å². The second-order valence-corrected chi connectivity index (χ2v) is 10.1. The molecule has 1 aliphatic rings. The van der Waals surface area contributed by atoms with E-state index in [0.717, 1.165) is 11.3 Å². The van der Waals surface area contributed by atoms with Crippen molar-refractivity contribution in [2.45, 2.75) is 52.7 Å². The predicted octanol–water partition coefficient (Wildman–Crippen LogP) is 3.64. The van der Waals surface area contributed by atoms with E-state index in [1.165, 1.54) is 25.3 Å². The smallest absolute Gasteiger partial charge is 0.348 e. The van der Waals surface area contributed by atoms with Gasteiger partial charge in [0.25, 0.3) is 5.91 Å². The van der Waals surface area contributed by atoms with E-state index in [1.807, 2.05) is 13.8 Å². The Bertz CT molecular complexity index is 1150. The Morgan fingerprint density at radius 3 is 2.65 bits per heavy atom. The van der Waals surface area contributed by atoms with Gasteiger partial charge in [-0.2, -0.15) is 0 Å². The minimum atomic E-state index is -1.14. The second kappa shape index (κ2) is 12.4. The zero-order valence-electron chi connectivity index (χ0n) is 21.8. The second-order valence-electron chi connectivity index (χ2n) is 9.12. The normalized spacial score (nSPS) is 14.0. The highest BCUT2D eigenvalue weighted by molar-refractivity contribution is 7.18. The van der Waals surface area contributed by atoms with Crippen LogP contribution in [0.3, 0.4) is 0 Å². The van der Waals surface area contributed by atoms with Crippen LogP contribution in [0.4, 0.5) is 9.39 Å². The summed E-state index contributed by atoms with van der Waals surface area (Å²) in [7, 11) is 1.44. The minimum absolute atomic E-state index is 0.0205. The van der Waals surface area contributed by atoms with Crippen LogP contribution in [0.2, 0.25) is 0 Å². The van der Waals surface area contributed by atoms with Crippen molar-refractivity contribution in [2.24, 2.45) is 0 Å². The van der Waals surface area contributed by atoms with Gasteiger partial charge < -0.3 is 29.7 Å². The maximum atomic E-state index is 14.0. The Balaban J connectivity index is 1.90. The first-order valence-electron chi connectivity index (χ1n) is 12.2. The molecule has 1 aromatic carbocycles. The average molecular weight is 536 g/mol. The Morgan fingerprint density at radius 2 is 2.00 bits per heavy atom. The number of carbonyl (C=O) groups is 3. The first kappa shape index (κ1) is 28.4. The standard InChI is InChI=1S/C26H34FN3O6S/c1-6-36-26(34)23-16(4)22-24(33)29(11-7-8-21(32)28-15(2)3)14-30(25(22)37-23)13-19(31)18-12-17(27)9-10-20(18)35-5/h9-10,12,15,19,31H,6-8,11,13-14H2,1-5H3,(H,28,32). The number of hydrogen-bond donors (Lipinski definition) is 2. The third-order valence-electron chi connectivity index (χ3n) is 5.94. The van der Waals surface area contributed by atoms with Crippen molar-refractivity contribution in [1.29, 1.82) is 0 Å². The van der Waals surface area contributed by atoms with Gasteiger partial charge >= 0.3 is 5.97 Å². The number of ether oxygens (including phenoxy) is 2. The summed E-state index contributed by atoms with van der Waals surface area (Å²) in [6, 6.07) is 3.94. The largest absolute Gasteiger partial charge is 0.496 e. The van der Waals surface area contributed by atoms with E-state index in [1.54, 1.807) is 23.6 Å². The van der Waals surface area contributed by atoms with Crippen molar-refractivity contribution in [1.82, 2.24) is 10.2 Å². The number of esters is 1. The molecule has 0 saturated heterocycles. The summed E-state index contributed by atoms with van der Waals surface area (Å²) in [5, 5.41) is 14.4. The van der Waals surface area contributed by atoms with E-state index in [-0.39, 0.29) is 49.7 Å². The van der Waals surface area contributed by atoms with Crippen LogP contribution in [-0.4, -0.2) is 67.3 Å². The molecule has 2 amide bonds. The molecule has 2 heterocycles. The number of methoxy groups -OCH3 is 1. The summed E-state index contributed by atoms with van der Waals surface area (Å²) < 4.78 is 24.4. The monoisotopic (exact) mass is 535 g/mol. The molecule has 202 valence electrons. The Hall–Kier alpha value is -3.18. The van der Waals surface area contributed by atoms with Gasteiger partial charge in [-0.1, -0.05) is 0 Å². The number of aliphatic hydroxyl groups excluding tert-OH is 1. The lowest BCUT2D eigenvalue weighted by Crippen LogP contribution is -2.48. The minimum Gasteiger partial charge on any atom is -0.496 e. The molecule has 1 atom stereocenters. The van der Waals surface area contributed by atoms with Crippen LogP contribution >= 0.6 is 11.3 Å². The first-order chi connectivity index (χ1) is 17.6. The van der Waals surface area contributed by atoms with Crippen LogP contribution < -0.4 is 15.0 Å². The molecule has 1 aliphatic heterocycles. The number of β-amino-alcohol motifs (C(OH)–C–C–N with tert-alkyl or cyclic N) is 1. The number of hydrogen-bond acceptors (Lipinski definition) is 8. The molecule has 0 saturated carbocycles. The van der Waals surface area contributed by atoms with Crippen molar-refractivity contribution in [3.63, 3.8) is 0 Å². The van der Waals surface area contributed by atoms with E-state index < -0.39 is 17.9 Å². The number of nitrogens with zero attached hydrogens (tertiary/aromatic N) is 2. The number of nitrogens with one attached hydrogen (secondary N) is 1. The zero-order valence-corrected chi connectivity index (χ0v) is 22.6. The van der Waals surface area contributed by atoms with E-state index in [4.69, 9.17) is 9.47 Å². The van der Waals surface area contributed by atoms with Gasteiger partial charge in [-0.05, 0) is 57.9 Å². The van der Waals surface area contributed by atoms with Gasteiger partial charge in [-0.15, -0.1) is 11.3 Å². The topological polar surface area (TPSA) is 108 Å². The fourth-order valence-electron chi connectivity index (χ4n) is 4.27. The summed E-state index contributed by atoms with van der Waals surface area (Å²) in [4.78, 5) is 41.8. The van der Waals surface area contributed by atoms with Crippen LogP contribution in [0.1, 0.15) is 70.9 Å². The van der Waals surface area contributed by atoms with Crippen LogP contribution in [-0.2, 0) is 9.53 Å². The van der Waals surface area contributed by atoms with Crippen molar-refractivity contribution in [3.8, 4) is 5.75 Å². The van der Waals surface area contributed by atoms with Crippen LogP contribution in [0, 0.1) is 12.7 Å². The van der Waals surface area contributed by atoms with Gasteiger partial charge in [-0.3, -0.25) is 9.59 Å². The van der Waals surface area contributed by atoms with Gasteiger partial charge in [-0.25, -0.2) is 9.18 Å². The molecule has 0 aliphatic carbocycles. The number of halogens is 1. The zero-order chi connectivity index (χ0) is 27.3. The highest BCUT2D eigenvalue weighted by atomic mass is 32.1. The lowest BCUT2D eigenvalue weighted by molar-refractivity contribution is -0.121. The summed E-state index contributed by atoms with van der Waals surface area (Å²) in [5.74, 6) is -1.04. The summed E-state index contributed by atoms with van der Waals surface area (Å²) in [6.07, 6.45) is -0.435. The number of fused-ring (bicyclic) bond motifs is 1. The highest BCUT2D eigenvalue weighted by Gasteiger charge is 2.36. The number of anilines is 1. The van der Waals surface area contributed by atoms with Crippen LogP contribution in [0.25, 0.3) is 0 Å². The molecule has 37 heavy (non-hydrogen) atoms. The molecule has 3 rings (SSSR count). The summed E-state index contributed by atoms with van der Waals surface area (Å²) in [6.45, 7) is 7.82. The predicted molar refractivity (Wildman–Crippen MR) is 139 cm³/mol. The van der Waals surface area contributed by atoms with E-state index >= 15 is 0 Å². The number of aliphatic hydroxyl groups is 1. The van der Waals surface area contributed by atoms with Crippen LogP contribution in [0.5, 0.6) is 5.75 Å².